The molecule has 0 bridgehead atoms. The Bertz CT molecular complexity index is 657. The molecular weight excluding hydrogens is 398 g/mol. The molecule has 2 aliphatic heterocycles. The van der Waals surface area contributed by atoms with Gasteiger partial charge in [-0.1, -0.05) is 13.8 Å². The van der Waals surface area contributed by atoms with Gasteiger partial charge < -0.3 is 10.2 Å². The molecular formula is C22H43N5O2S. The first-order valence-corrected chi connectivity index (χ1v) is 13.8. The average Bonchev–Trinajstić information content (AvgIpc) is 2.74. The standard InChI is InChI=1S/C22H43N5O2S/c1-18(2)20-5-7-21(8-6-20)25-13-15-26(16-14-25)22(23-3)24-17-19-9-11-27(12-10-19)30(4,28)29/h18-21H,5-17H2,1-4H3,(H,23,24). The van der Waals surface area contributed by atoms with Gasteiger partial charge in [0.05, 0.1) is 6.26 Å². The van der Waals surface area contributed by atoms with Crippen LogP contribution in [-0.4, -0.2) is 93.6 Å². The van der Waals surface area contributed by atoms with E-state index in [1.165, 1.54) is 31.9 Å². The number of rotatable bonds is 5. The molecule has 0 aromatic rings. The van der Waals surface area contributed by atoms with Crippen molar-refractivity contribution in [3.8, 4) is 0 Å². The molecule has 3 fully saturated rings. The van der Waals surface area contributed by atoms with Crippen LogP contribution in [-0.2, 0) is 10.0 Å². The number of hydrogen-bond donors (Lipinski definition) is 1. The fourth-order valence-electron chi connectivity index (χ4n) is 5.45. The third-order valence-corrected chi connectivity index (χ3v) is 8.92. The van der Waals surface area contributed by atoms with Crippen LogP contribution in [0.3, 0.4) is 0 Å². The number of guanidine groups is 1. The molecule has 0 spiro atoms. The monoisotopic (exact) mass is 441 g/mol. The summed E-state index contributed by atoms with van der Waals surface area (Å²) in [7, 11) is -1.18. The average molecular weight is 442 g/mol. The number of piperazine rings is 1. The van der Waals surface area contributed by atoms with Crippen molar-refractivity contribution in [3.05, 3.63) is 0 Å². The van der Waals surface area contributed by atoms with E-state index in [1.54, 1.807) is 4.31 Å². The van der Waals surface area contributed by atoms with E-state index < -0.39 is 10.0 Å². The molecule has 7 nitrogen and oxygen atoms in total. The molecule has 3 rings (SSSR count). The van der Waals surface area contributed by atoms with E-state index in [0.29, 0.717) is 19.0 Å². The van der Waals surface area contributed by atoms with E-state index >= 15 is 0 Å². The van der Waals surface area contributed by atoms with Crippen molar-refractivity contribution in [2.75, 3.05) is 59.1 Å². The first-order valence-electron chi connectivity index (χ1n) is 11.9. The lowest BCUT2D eigenvalue weighted by Crippen LogP contribution is -2.55. The fraction of sp³-hybridized carbons (Fsp3) is 0.955. The summed E-state index contributed by atoms with van der Waals surface area (Å²) in [5.41, 5.74) is 0. The molecule has 1 aliphatic carbocycles. The van der Waals surface area contributed by atoms with Crippen LogP contribution in [0, 0.1) is 17.8 Å². The number of nitrogens with one attached hydrogen (secondary N) is 1. The van der Waals surface area contributed by atoms with Gasteiger partial charge >= 0.3 is 0 Å². The Balaban J connectivity index is 1.38. The molecule has 0 radical (unpaired) electrons. The minimum Gasteiger partial charge on any atom is -0.356 e. The summed E-state index contributed by atoms with van der Waals surface area (Å²) in [5.74, 6) is 3.27. The number of aliphatic imine (C=N–C) groups is 1. The summed E-state index contributed by atoms with van der Waals surface area (Å²) in [6.45, 7) is 11.2. The summed E-state index contributed by atoms with van der Waals surface area (Å²) in [6, 6.07) is 0.775. The van der Waals surface area contributed by atoms with Crippen molar-refractivity contribution in [3.63, 3.8) is 0 Å². The van der Waals surface area contributed by atoms with Crippen LogP contribution >= 0.6 is 0 Å². The molecule has 2 heterocycles. The van der Waals surface area contributed by atoms with E-state index in [1.807, 2.05) is 7.05 Å². The third-order valence-electron chi connectivity index (χ3n) is 7.62. The highest BCUT2D eigenvalue weighted by Gasteiger charge is 2.30. The molecule has 3 aliphatic rings. The maximum atomic E-state index is 11.7. The van der Waals surface area contributed by atoms with E-state index in [-0.39, 0.29) is 0 Å². The second-order valence-electron chi connectivity index (χ2n) is 9.87. The third kappa shape index (κ3) is 6.33. The van der Waals surface area contributed by atoms with Gasteiger partial charge in [-0.15, -0.1) is 0 Å². The summed E-state index contributed by atoms with van der Waals surface area (Å²) in [6.07, 6.45) is 8.66. The number of nitrogens with zero attached hydrogens (tertiary/aromatic N) is 4. The SMILES string of the molecule is CN=C(NCC1CCN(S(C)(=O)=O)CC1)N1CCN(C2CCC(C(C)C)CC2)CC1. The van der Waals surface area contributed by atoms with Crippen LogP contribution in [0.4, 0.5) is 0 Å². The lowest BCUT2D eigenvalue weighted by atomic mass is 9.79. The van der Waals surface area contributed by atoms with Crippen molar-refractivity contribution in [2.45, 2.75) is 58.4 Å². The molecule has 1 N–H and O–H groups in total. The summed E-state index contributed by atoms with van der Waals surface area (Å²) >= 11 is 0. The molecule has 0 aromatic heterocycles. The van der Waals surface area contributed by atoms with Crippen molar-refractivity contribution in [1.29, 1.82) is 0 Å². The van der Waals surface area contributed by atoms with E-state index in [9.17, 15) is 8.42 Å². The summed E-state index contributed by atoms with van der Waals surface area (Å²) in [4.78, 5) is 9.62. The first kappa shape index (κ1) is 23.8. The zero-order valence-corrected chi connectivity index (χ0v) is 20.3. The lowest BCUT2D eigenvalue weighted by molar-refractivity contribution is 0.0863. The van der Waals surface area contributed by atoms with Crippen LogP contribution in [0.5, 0.6) is 0 Å². The topological polar surface area (TPSA) is 68.2 Å². The van der Waals surface area contributed by atoms with Crippen LogP contribution in [0.15, 0.2) is 4.99 Å². The van der Waals surface area contributed by atoms with Gasteiger partial charge in [-0.25, -0.2) is 12.7 Å². The predicted molar refractivity (Wildman–Crippen MR) is 124 cm³/mol. The Morgan fingerprint density at radius 2 is 1.57 bits per heavy atom. The first-order chi connectivity index (χ1) is 14.3. The van der Waals surface area contributed by atoms with Gasteiger partial charge in [0.1, 0.15) is 0 Å². The molecule has 1 saturated carbocycles. The number of piperidine rings is 1. The van der Waals surface area contributed by atoms with Gasteiger partial charge in [0.2, 0.25) is 10.0 Å². The van der Waals surface area contributed by atoms with E-state index in [0.717, 1.165) is 69.4 Å². The fourth-order valence-corrected chi connectivity index (χ4v) is 6.32. The summed E-state index contributed by atoms with van der Waals surface area (Å²) in [5, 5.41) is 3.56. The maximum Gasteiger partial charge on any atom is 0.211 e. The highest BCUT2D eigenvalue weighted by molar-refractivity contribution is 7.88. The molecule has 8 heteroatoms. The molecule has 2 saturated heterocycles. The summed E-state index contributed by atoms with van der Waals surface area (Å²) < 4.78 is 25.0. The minimum absolute atomic E-state index is 0.511. The van der Waals surface area contributed by atoms with E-state index in [2.05, 4.69) is 34.0 Å². The Labute approximate surface area is 184 Å². The normalized spacial score (nSPS) is 28.8. The molecule has 30 heavy (non-hydrogen) atoms. The van der Waals surface area contributed by atoms with Crippen LogP contribution in [0.2, 0.25) is 0 Å². The Morgan fingerprint density at radius 3 is 2.07 bits per heavy atom. The van der Waals surface area contributed by atoms with E-state index in [4.69, 9.17) is 0 Å². The second kappa shape index (κ2) is 10.6. The number of sulfonamides is 1. The molecule has 0 amide bonds. The van der Waals surface area contributed by atoms with Crippen molar-refractivity contribution < 1.29 is 8.42 Å². The van der Waals surface area contributed by atoms with Gasteiger partial charge in [0.25, 0.3) is 0 Å². The second-order valence-corrected chi connectivity index (χ2v) is 11.9. The largest absolute Gasteiger partial charge is 0.356 e. The van der Waals surface area contributed by atoms with Crippen LogP contribution in [0.1, 0.15) is 52.4 Å². The molecule has 0 atom stereocenters. The zero-order chi connectivity index (χ0) is 21.7. The van der Waals surface area contributed by atoms with Gasteiger partial charge in [0.15, 0.2) is 5.96 Å². The van der Waals surface area contributed by atoms with Crippen molar-refractivity contribution in [1.82, 2.24) is 19.4 Å². The molecule has 0 aromatic carbocycles. The highest BCUT2D eigenvalue weighted by Crippen LogP contribution is 2.32. The number of hydrogen-bond acceptors (Lipinski definition) is 4. The quantitative estimate of drug-likeness (QED) is 0.523. The van der Waals surface area contributed by atoms with Crippen molar-refractivity contribution >= 4 is 16.0 Å². The molecule has 174 valence electrons. The van der Waals surface area contributed by atoms with Crippen LogP contribution < -0.4 is 5.32 Å². The minimum atomic E-state index is -3.05. The van der Waals surface area contributed by atoms with Crippen molar-refractivity contribution in [2.24, 2.45) is 22.7 Å². The maximum absolute atomic E-state index is 11.7. The van der Waals surface area contributed by atoms with Gasteiger partial charge in [-0.05, 0) is 56.3 Å². The van der Waals surface area contributed by atoms with Gasteiger partial charge in [-0.3, -0.25) is 9.89 Å². The lowest BCUT2D eigenvalue weighted by Gasteiger charge is -2.43. The Kier molecular flexibility index (Phi) is 8.44. The van der Waals surface area contributed by atoms with Gasteiger partial charge in [0, 0.05) is 58.9 Å². The van der Waals surface area contributed by atoms with Crippen LogP contribution in [0.25, 0.3) is 0 Å². The predicted octanol–water partition coefficient (Wildman–Crippen LogP) is 2.07. The Morgan fingerprint density at radius 1 is 0.967 bits per heavy atom. The highest BCUT2D eigenvalue weighted by atomic mass is 32.2. The Hall–Kier alpha value is -0.860. The zero-order valence-electron chi connectivity index (χ0n) is 19.5. The molecule has 0 unspecified atom stereocenters. The van der Waals surface area contributed by atoms with Gasteiger partial charge in [-0.2, -0.15) is 0 Å². The smallest absolute Gasteiger partial charge is 0.211 e.